The van der Waals surface area contributed by atoms with Crippen molar-refractivity contribution >= 4 is 47.2 Å². The van der Waals surface area contributed by atoms with Crippen molar-refractivity contribution in [2.75, 3.05) is 85.8 Å². The molecule has 2 aromatic carbocycles. The average Bonchev–Trinajstić information content (AvgIpc) is 3.22. The Morgan fingerprint density at radius 3 is 1.56 bits per heavy atom. The van der Waals surface area contributed by atoms with E-state index >= 15 is 0 Å². The van der Waals surface area contributed by atoms with E-state index < -0.39 is 41.4 Å². The number of aliphatic imine (C=N–C) groups is 1. The molecular formula is C47H69N3O16. The van der Waals surface area contributed by atoms with Crippen LogP contribution in [0.1, 0.15) is 91.1 Å². The fourth-order valence-corrected chi connectivity index (χ4v) is 5.31. The zero-order chi connectivity index (χ0) is 49.0. The van der Waals surface area contributed by atoms with Gasteiger partial charge in [-0.15, -0.1) is 0 Å². The number of esters is 2. The number of nitrogens with zero attached hydrogens (tertiary/aromatic N) is 2. The number of ether oxygens (including phenoxy) is 10. The minimum Gasteiger partial charge on any atom is -0.458 e. The number of alkyl carbamates (subject to hydrolysis) is 1. The minimum absolute atomic E-state index is 0.00105. The van der Waals surface area contributed by atoms with Gasteiger partial charge >= 0.3 is 24.1 Å². The van der Waals surface area contributed by atoms with Crippen LogP contribution in [0.25, 0.3) is 0 Å². The fraction of sp³-hybridized carbons (Fsp3) is 0.596. The molecule has 0 bridgehead atoms. The van der Waals surface area contributed by atoms with Crippen molar-refractivity contribution in [2.45, 2.75) is 99.0 Å². The maximum absolute atomic E-state index is 13.6. The zero-order valence-electron chi connectivity index (χ0n) is 39.9. The molecule has 0 spiro atoms. The maximum atomic E-state index is 13.6. The topological polar surface area (TPSA) is 222 Å². The van der Waals surface area contributed by atoms with Crippen LogP contribution in [-0.4, -0.2) is 149 Å². The SMILES string of the molecule is CC(=O)CCOCCOCCOCCOCCOCCOCCN(C(=O)OCc1ccc(OC(=O)c2ccc(N=C(C)NC(=O)OC(C)(C)C)cc2)cc1)C(CC(C)=O)C(=O)OC(C)(C)C. The number of carbonyl (C=O) groups is 6. The van der Waals surface area contributed by atoms with Crippen LogP contribution < -0.4 is 10.1 Å². The molecule has 2 rings (SSSR count). The van der Waals surface area contributed by atoms with Crippen molar-refractivity contribution in [2.24, 2.45) is 4.99 Å². The lowest BCUT2D eigenvalue weighted by Gasteiger charge is -2.31. The minimum atomic E-state index is -1.27. The predicted octanol–water partition coefficient (Wildman–Crippen LogP) is 6.19. The van der Waals surface area contributed by atoms with Crippen LogP contribution in [0, 0.1) is 0 Å². The molecule has 0 radical (unpaired) electrons. The standard InChI is InChI=1S/C47H69N3O16/c1-34(51)18-20-57-22-24-59-26-28-61-30-31-62-29-27-60-25-23-58-21-19-50(41(32-35(2)52)43(54)65-46(4,5)6)45(56)63-33-37-10-16-40(17-11-37)64-42(53)38-12-14-39(15-13-38)48-36(3)49-44(55)66-47(7,8)9/h10-17,41H,18-33H2,1-9H3,(H,48,49,55). The second kappa shape index (κ2) is 30.8. The molecule has 1 atom stereocenters. The van der Waals surface area contributed by atoms with E-state index in [0.29, 0.717) is 83.0 Å². The number of rotatable bonds is 30. The Kier molecular flexibility index (Phi) is 26.5. The number of amides is 2. The van der Waals surface area contributed by atoms with E-state index in [-0.39, 0.29) is 62.3 Å². The highest BCUT2D eigenvalue weighted by Gasteiger charge is 2.35. The van der Waals surface area contributed by atoms with E-state index in [0.717, 1.165) is 4.90 Å². The first-order chi connectivity index (χ1) is 31.2. The van der Waals surface area contributed by atoms with Crippen molar-refractivity contribution in [3.8, 4) is 5.75 Å². The molecule has 19 nitrogen and oxygen atoms in total. The van der Waals surface area contributed by atoms with Gasteiger partial charge in [-0.3, -0.25) is 19.8 Å². The third kappa shape index (κ3) is 27.2. The molecule has 2 aromatic rings. The third-order valence-corrected chi connectivity index (χ3v) is 8.28. The van der Waals surface area contributed by atoms with Crippen molar-refractivity contribution in [1.82, 2.24) is 10.2 Å². The van der Waals surface area contributed by atoms with Gasteiger partial charge in [0.15, 0.2) is 0 Å². The molecule has 0 aliphatic carbocycles. The molecule has 0 saturated heterocycles. The molecule has 0 aromatic heterocycles. The Morgan fingerprint density at radius 2 is 1.09 bits per heavy atom. The van der Waals surface area contributed by atoms with Crippen molar-refractivity contribution in [1.29, 1.82) is 0 Å². The molecule has 2 amide bonds. The zero-order valence-corrected chi connectivity index (χ0v) is 39.9. The summed E-state index contributed by atoms with van der Waals surface area (Å²) in [4.78, 5) is 80.3. The van der Waals surface area contributed by atoms with Crippen molar-refractivity contribution in [3.05, 3.63) is 59.7 Å². The van der Waals surface area contributed by atoms with Gasteiger partial charge in [-0.1, -0.05) is 12.1 Å². The Bertz CT molecular complexity index is 1820. The molecule has 368 valence electrons. The van der Waals surface area contributed by atoms with Gasteiger partial charge in [0, 0.05) is 19.4 Å². The highest BCUT2D eigenvalue weighted by atomic mass is 16.6. The molecule has 0 saturated carbocycles. The third-order valence-electron chi connectivity index (χ3n) is 8.28. The molecule has 0 fully saturated rings. The lowest BCUT2D eigenvalue weighted by atomic mass is 10.1. The largest absolute Gasteiger partial charge is 0.458 e. The Labute approximate surface area is 388 Å². The predicted molar refractivity (Wildman–Crippen MR) is 242 cm³/mol. The molecule has 0 aliphatic heterocycles. The van der Waals surface area contributed by atoms with Gasteiger partial charge in [-0.25, -0.2) is 24.2 Å². The summed E-state index contributed by atoms with van der Waals surface area (Å²) in [6, 6.07) is 11.3. The van der Waals surface area contributed by atoms with Crippen molar-refractivity contribution in [3.63, 3.8) is 0 Å². The molecule has 19 heteroatoms. The Balaban J connectivity index is 1.83. The summed E-state index contributed by atoms with van der Waals surface area (Å²) in [6.07, 6.45) is -1.40. The Morgan fingerprint density at radius 1 is 0.606 bits per heavy atom. The monoisotopic (exact) mass is 931 g/mol. The number of amidine groups is 1. The number of benzene rings is 2. The van der Waals surface area contributed by atoms with E-state index in [1.165, 1.54) is 26.0 Å². The summed E-state index contributed by atoms with van der Waals surface area (Å²) in [5, 5.41) is 2.55. The van der Waals surface area contributed by atoms with Gasteiger partial charge in [0.2, 0.25) is 0 Å². The average molecular weight is 932 g/mol. The van der Waals surface area contributed by atoms with E-state index in [2.05, 4.69) is 10.3 Å². The van der Waals surface area contributed by atoms with Gasteiger partial charge < -0.3 is 47.4 Å². The van der Waals surface area contributed by atoms with Crippen LogP contribution in [0.5, 0.6) is 5.75 Å². The second-order valence-corrected chi connectivity index (χ2v) is 16.7. The summed E-state index contributed by atoms with van der Waals surface area (Å²) >= 11 is 0. The summed E-state index contributed by atoms with van der Waals surface area (Å²) in [6.45, 7) is 18.4. The summed E-state index contributed by atoms with van der Waals surface area (Å²) in [5.41, 5.74) is -0.241. The van der Waals surface area contributed by atoms with Crippen LogP contribution in [0.3, 0.4) is 0 Å². The first-order valence-corrected chi connectivity index (χ1v) is 21.8. The summed E-state index contributed by atoms with van der Waals surface area (Å²) in [5.74, 6) is -1.09. The fourth-order valence-electron chi connectivity index (χ4n) is 5.31. The number of carbonyl (C=O) groups excluding carboxylic acids is 6. The van der Waals surface area contributed by atoms with Crippen LogP contribution in [0.4, 0.5) is 15.3 Å². The smallest absolute Gasteiger partial charge is 0.413 e. The Hall–Kier alpha value is -5.31. The van der Waals surface area contributed by atoms with Crippen LogP contribution in [-0.2, 0) is 63.6 Å². The van der Waals surface area contributed by atoms with Crippen molar-refractivity contribution < 1.29 is 76.1 Å². The molecule has 0 aliphatic rings. The maximum Gasteiger partial charge on any atom is 0.413 e. The van der Waals surface area contributed by atoms with E-state index in [9.17, 15) is 28.8 Å². The lowest BCUT2D eigenvalue weighted by molar-refractivity contribution is -0.162. The highest BCUT2D eigenvalue weighted by molar-refractivity contribution is 5.95. The van der Waals surface area contributed by atoms with Gasteiger partial charge in [0.25, 0.3) is 0 Å². The van der Waals surface area contributed by atoms with Crippen LogP contribution >= 0.6 is 0 Å². The van der Waals surface area contributed by atoms with E-state index in [4.69, 9.17) is 47.4 Å². The number of hydrogen-bond donors (Lipinski definition) is 1. The normalized spacial score (nSPS) is 12.2. The molecule has 1 unspecified atom stereocenters. The van der Waals surface area contributed by atoms with Crippen LogP contribution in [0.15, 0.2) is 53.5 Å². The molecular weight excluding hydrogens is 863 g/mol. The summed E-state index contributed by atoms with van der Waals surface area (Å²) < 4.78 is 54.8. The molecule has 0 heterocycles. The number of nitrogens with one attached hydrogen (secondary N) is 1. The number of hydrogen-bond acceptors (Lipinski definition) is 17. The number of Topliss-reactive ketones (excluding diaryl/α,β-unsaturated/α-hetero) is 2. The van der Waals surface area contributed by atoms with Gasteiger partial charge in [0.1, 0.15) is 47.0 Å². The van der Waals surface area contributed by atoms with Crippen LogP contribution in [0.2, 0.25) is 0 Å². The number of ketones is 2. The van der Waals surface area contributed by atoms with E-state index in [1.54, 1.807) is 84.9 Å². The van der Waals surface area contributed by atoms with Gasteiger partial charge in [-0.05, 0) is 104 Å². The highest BCUT2D eigenvalue weighted by Crippen LogP contribution is 2.20. The van der Waals surface area contributed by atoms with E-state index in [1.807, 2.05) is 0 Å². The molecule has 66 heavy (non-hydrogen) atoms. The first kappa shape index (κ1) is 56.8. The quantitative estimate of drug-likeness (QED) is 0.0230. The second-order valence-electron chi connectivity index (χ2n) is 16.7. The van der Waals surface area contributed by atoms with Gasteiger partial charge in [0.05, 0.1) is 90.5 Å². The first-order valence-electron chi connectivity index (χ1n) is 21.8. The summed E-state index contributed by atoms with van der Waals surface area (Å²) in [7, 11) is 0. The van der Waals surface area contributed by atoms with Gasteiger partial charge in [-0.2, -0.15) is 0 Å². The molecule has 1 N–H and O–H groups in total. The lowest BCUT2D eigenvalue weighted by Crippen LogP contribution is -2.49.